The maximum Gasteiger partial charge on any atom is 0.191 e. The molecule has 1 aliphatic heterocycles. The van der Waals surface area contributed by atoms with Crippen molar-refractivity contribution in [1.29, 1.82) is 0 Å². The predicted molar refractivity (Wildman–Crippen MR) is 129 cm³/mol. The Labute approximate surface area is 191 Å². The Kier molecular flexibility index (Phi) is 9.73. The van der Waals surface area contributed by atoms with E-state index in [-0.39, 0.29) is 30.1 Å². The Bertz CT molecular complexity index is 804. The molecule has 2 N–H and O–H groups in total. The van der Waals surface area contributed by atoms with Gasteiger partial charge in [0.1, 0.15) is 12.4 Å². The van der Waals surface area contributed by atoms with Crippen LogP contribution in [0.4, 0.5) is 0 Å². The van der Waals surface area contributed by atoms with Crippen LogP contribution in [0.3, 0.4) is 0 Å². The summed E-state index contributed by atoms with van der Waals surface area (Å²) in [6.45, 7) is 7.04. The van der Waals surface area contributed by atoms with Gasteiger partial charge in [-0.3, -0.25) is 4.99 Å². The molecule has 6 heteroatoms. The van der Waals surface area contributed by atoms with E-state index in [1.807, 2.05) is 0 Å². The molecular weight excluding hydrogens is 477 g/mol. The predicted octanol–water partition coefficient (Wildman–Crippen LogP) is 4.34. The van der Waals surface area contributed by atoms with Crippen LogP contribution in [0.15, 0.2) is 47.5 Å². The average Bonchev–Trinajstić information content (AvgIpc) is 3.22. The van der Waals surface area contributed by atoms with E-state index in [0.29, 0.717) is 13.2 Å². The van der Waals surface area contributed by atoms with Crippen molar-refractivity contribution in [2.75, 3.05) is 20.3 Å². The molecule has 0 amide bonds. The smallest absolute Gasteiger partial charge is 0.191 e. The lowest BCUT2D eigenvalue weighted by atomic mass is 10.1. The largest absolute Gasteiger partial charge is 0.491 e. The number of halogens is 1. The van der Waals surface area contributed by atoms with Gasteiger partial charge in [-0.1, -0.05) is 36.4 Å². The van der Waals surface area contributed by atoms with Crippen LogP contribution in [0.5, 0.6) is 5.75 Å². The monoisotopic (exact) mass is 509 g/mol. The molecule has 1 heterocycles. The highest BCUT2D eigenvalue weighted by atomic mass is 127. The summed E-state index contributed by atoms with van der Waals surface area (Å²) in [5, 5.41) is 6.77. The summed E-state index contributed by atoms with van der Waals surface area (Å²) in [6.07, 6.45) is 2.42. The van der Waals surface area contributed by atoms with E-state index in [4.69, 9.17) is 9.47 Å². The van der Waals surface area contributed by atoms with Crippen LogP contribution in [-0.4, -0.2) is 32.3 Å². The summed E-state index contributed by atoms with van der Waals surface area (Å²) in [5.74, 6) is 1.69. The van der Waals surface area contributed by atoms with Gasteiger partial charge in [-0.15, -0.1) is 24.0 Å². The molecular formula is C23H32IN3O2. The van der Waals surface area contributed by atoms with E-state index in [1.54, 1.807) is 7.05 Å². The van der Waals surface area contributed by atoms with Crippen molar-refractivity contribution in [1.82, 2.24) is 10.6 Å². The molecule has 0 aliphatic carbocycles. The first-order valence-electron chi connectivity index (χ1n) is 9.98. The fraction of sp³-hybridized carbons (Fsp3) is 0.435. The fourth-order valence-electron chi connectivity index (χ4n) is 3.29. The second-order valence-electron chi connectivity index (χ2n) is 7.26. The van der Waals surface area contributed by atoms with Gasteiger partial charge in [0.05, 0.1) is 6.10 Å². The van der Waals surface area contributed by atoms with Crippen molar-refractivity contribution < 1.29 is 9.47 Å². The summed E-state index contributed by atoms with van der Waals surface area (Å²) < 4.78 is 11.8. The first kappa shape index (κ1) is 23.5. The Balaban J connectivity index is 0.00000300. The highest BCUT2D eigenvalue weighted by Gasteiger charge is 2.17. The van der Waals surface area contributed by atoms with Gasteiger partial charge in [0.15, 0.2) is 5.96 Å². The molecule has 0 aromatic heterocycles. The van der Waals surface area contributed by atoms with E-state index in [0.717, 1.165) is 43.3 Å². The summed E-state index contributed by atoms with van der Waals surface area (Å²) in [6, 6.07) is 14.7. The van der Waals surface area contributed by atoms with E-state index in [2.05, 4.69) is 71.9 Å². The molecule has 0 radical (unpaired) electrons. The number of rotatable bonds is 7. The van der Waals surface area contributed by atoms with E-state index < -0.39 is 0 Å². The molecule has 29 heavy (non-hydrogen) atoms. The summed E-state index contributed by atoms with van der Waals surface area (Å²) >= 11 is 0. The van der Waals surface area contributed by atoms with Crippen molar-refractivity contribution in [3.63, 3.8) is 0 Å². The van der Waals surface area contributed by atoms with Crippen molar-refractivity contribution in [3.05, 3.63) is 64.7 Å². The van der Waals surface area contributed by atoms with Crippen LogP contribution in [-0.2, 0) is 17.8 Å². The van der Waals surface area contributed by atoms with E-state index in [9.17, 15) is 0 Å². The van der Waals surface area contributed by atoms with Gasteiger partial charge in [0.25, 0.3) is 0 Å². The number of nitrogens with zero attached hydrogens (tertiary/aromatic N) is 1. The second-order valence-corrected chi connectivity index (χ2v) is 7.26. The van der Waals surface area contributed by atoms with Gasteiger partial charge >= 0.3 is 0 Å². The summed E-state index contributed by atoms with van der Waals surface area (Å²) in [5.41, 5.74) is 4.84. The molecule has 1 saturated heterocycles. The van der Waals surface area contributed by atoms with Gasteiger partial charge in [0.2, 0.25) is 0 Å². The summed E-state index contributed by atoms with van der Waals surface area (Å²) in [7, 11) is 1.79. The standard InChI is InChI=1S/C23H31N3O2.HI/c1-17-10-11-20(22(13-17)28-16-21-9-6-12-27-21)15-26-23(24-3)25-14-19-8-5-4-7-18(19)2;/h4-5,7-8,10-11,13,21H,6,9,12,14-16H2,1-3H3,(H2,24,25,26);1H. The third-order valence-corrected chi connectivity index (χ3v) is 5.05. The Morgan fingerprint density at radius 1 is 1.10 bits per heavy atom. The molecule has 158 valence electrons. The molecule has 1 unspecified atom stereocenters. The minimum atomic E-state index is 0. The fourth-order valence-corrected chi connectivity index (χ4v) is 3.29. The first-order chi connectivity index (χ1) is 13.7. The zero-order valence-corrected chi connectivity index (χ0v) is 19.9. The second kappa shape index (κ2) is 12.0. The van der Waals surface area contributed by atoms with Crippen LogP contribution in [0.2, 0.25) is 0 Å². The van der Waals surface area contributed by atoms with Crippen molar-refractivity contribution >= 4 is 29.9 Å². The highest BCUT2D eigenvalue weighted by molar-refractivity contribution is 14.0. The summed E-state index contributed by atoms with van der Waals surface area (Å²) in [4.78, 5) is 4.34. The molecule has 2 aromatic rings. The Morgan fingerprint density at radius 2 is 1.86 bits per heavy atom. The molecule has 0 bridgehead atoms. The number of nitrogens with one attached hydrogen (secondary N) is 2. The van der Waals surface area contributed by atoms with Gasteiger partial charge in [-0.05, 0) is 49.4 Å². The lowest BCUT2D eigenvalue weighted by Gasteiger charge is -2.17. The van der Waals surface area contributed by atoms with Gasteiger partial charge in [0, 0.05) is 32.3 Å². The molecule has 3 rings (SSSR count). The van der Waals surface area contributed by atoms with Crippen LogP contribution >= 0.6 is 24.0 Å². The van der Waals surface area contributed by atoms with Crippen LogP contribution in [0.25, 0.3) is 0 Å². The average molecular weight is 509 g/mol. The minimum Gasteiger partial charge on any atom is -0.491 e. The molecule has 1 atom stereocenters. The third kappa shape index (κ3) is 7.19. The number of aryl methyl sites for hydroxylation is 2. The number of hydrogen-bond acceptors (Lipinski definition) is 3. The lowest BCUT2D eigenvalue weighted by molar-refractivity contribution is 0.0676. The van der Waals surface area contributed by atoms with Gasteiger partial charge in [-0.2, -0.15) is 0 Å². The van der Waals surface area contributed by atoms with E-state index in [1.165, 1.54) is 16.7 Å². The molecule has 1 fully saturated rings. The number of hydrogen-bond donors (Lipinski definition) is 2. The quantitative estimate of drug-likeness (QED) is 0.331. The van der Waals surface area contributed by atoms with Crippen LogP contribution in [0, 0.1) is 13.8 Å². The van der Waals surface area contributed by atoms with Crippen molar-refractivity contribution in [2.24, 2.45) is 4.99 Å². The number of aliphatic imine (C=N–C) groups is 1. The minimum absolute atomic E-state index is 0. The van der Waals surface area contributed by atoms with Crippen molar-refractivity contribution in [3.8, 4) is 5.75 Å². The van der Waals surface area contributed by atoms with Gasteiger partial charge in [-0.25, -0.2) is 0 Å². The molecule has 2 aromatic carbocycles. The molecule has 5 nitrogen and oxygen atoms in total. The first-order valence-corrected chi connectivity index (χ1v) is 9.98. The molecule has 0 saturated carbocycles. The molecule has 1 aliphatic rings. The Hall–Kier alpha value is -1.80. The lowest BCUT2D eigenvalue weighted by Crippen LogP contribution is -2.36. The highest BCUT2D eigenvalue weighted by Crippen LogP contribution is 2.22. The number of benzene rings is 2. The SMILES string of the molecule is CN=C(NCc1ccccc1C)NCc1ccc(C)cc1OCC1CCCO1.I. The van der Waals surface area contributed by atoms with Crippen molar-refractivity contribution in [2.45, 2.75) is 45.9 Å². The number of ether oxygens (including phenoxy) is 2. The van der Waals surface area contributed by atoms with Crippen LogP contribution < -0.4 is 15.4 Å². The zero-order valence-electron chi connectivity index (χ0n) is 17.5. The van der Waals surface area contributed by atoms with Crippen LogP contribution in [0.1, 0.15) is 35.1 Å². The third-order valence-electron chi connectivity index (χ3n) is 5.05. The number of guanidine groups is 1. The zero-order chi connectivity index (χ0) is 19.8. The molecule has 0 spiro atoms. The maximum absolute atomic E-state index is 6.09. The topological polar surface area (TPSA) is 54.9 Å². The van der Waals surface area contributed by atoms with E-state index >= 15 is 0 Å². The van der Waals surface area contributed by atoms with Gasteiger partial charge < -0.3 is 20.1 Å². The maximum atomic E-state index is 6.09. The Morgan fingerprint density at radius 3 is 2.55 bits per heavy atom. The normalized spacial score (nSPS) is 16.2.